The fourth-order valence-electron chi connectivity index (χ4n) is 2.92. The van der Waals surface area contributed by atoms with Crippen LogP contribution in [-0.4, -0.2) is 46.7 Å². The predicted molar refractivity (Wildman–Crippen MR) is 99.7 cm³/mol. The molecule has 3 rings (SSSR count). The zero-order valence-corrected chi connectivity index (χ0v) is 15.0. The summed E-state index contributed by atoms with van der Waals surface area (Å²) in [5.41, 5.74) is 6.67. The maximum absolute atomic E-state index is 12.2. The van der Waals surface area contributed by atoms with E-state index in [2.05, 4.69) is 15.5 Å². The topological polar surface area (TPSA) is 110 Å². The number of ether oxygens (including phenoxy) is 1. The number of likely N-dealkylation sites (tertiary alicyclic amines) is 1. The minimum atomic E-state index is -0.293. The van der Waals surface area contributed by atoms with E-state index in [1.165, 1.54) is 0 Å². The van der Waals surface area contributed by atoms with Crippen molar-refractivity contribution in [2.75, 3.05) is 25.4 Å². The Hall–Kier alpha value is -3.16. The molecule has 8 nitrogen and oxygen atoms in total. The van der Waals surface area contributed by atoms with Crippen LogP contribution in [0, 0.1) is 5.92 Å². The first-order valence-corrected chi connectivity index (χ1v) is 8.95. The molecule has 2 aromatic rings. The van der Waals surface area contributed by atoms with Crippen molar-refractivity contribution in [2.24, 2.45) is 5.92 Å². The SMILES string of the molecule is Nc1ccc(C(=O)NCC2CCN(C(=O)OCc3ccccc3)CC2)nn1. The van der Waals surface area contributed by atoms with E-state index in [0.717, 1.165) is 18.4 Å². The number of nitrogens with zero attached hydrogens (tertiary/aromatic N) is 3. The van der Waals surface area contributed by atoms with E-state index < -0.39 is 0 Å². The van der Waals surface area contributed by atoms with E-state index in [0.29, 0.717) is 25.6 Å². The van der Waals surface area contributed by atoms with E-state index >= 15 is 0 Å². The monoisotopic (exact) mass is 369 g/mol. The van der Waals surface area contributed by atoms with Crippen molar-refractivity contribution in [3.05, 3.63) is 53.7 Å². The lowest BCUT2D eigenvalue weighted by Gasteiger charge is -2.31. The molecule has 0 spiro atoms. The molecule has 1 aromatic heterocycles. The van der Waals surface area contributed by atoms with Crippen molar-refractivity contribution in [1.29, 1.82) is 0 Å². The first-order valence-electron chi connectivity index (χ1n) is 8.95. The van der Waals surface area contributed by atoms with Gasteiger partial charge in [-0.05, 0) is 36.5 Å². The van der Waals surface area contributed by atoms with Gasteiger partial charge in [0.2, 0.25) is 0 Å². The number of aromatic nitrogens is 2. The van der Waals surface area contributed by atoms with E-state index in [-0.39, 0.29) is 30.1 Å². The fraction of sp³-hybridized carbons (Fsp3) is 0.368. The van der Waals surface area contributed by atoms with Gasteiger partial charge in [-0.25, -0.2) is 4.79 Å². The third-order valence-electron chi connectivity index (χ3n) is 4.55. The van der Waals surface area contributed by atoms with Gasteiger partial charge in [0.05, 0.1) is 0 Å². The maximum Gasteiger partial charge on any atom is 0.410 e. The molecule has 1 saturated heterocycles. The van der Waals surface area contributed by atoms with Crippen LogP contribution >= 0.6 is 0 Å². The van der Waals surface area contributed by atoms with Crippen LogP contribution in [-0.2, 0) is 11.3 Å². The Morgan fingerprint density at radius 3 is 2.52 bits per heavy atom. The molecule has 2 amide bonds. The molecule has 2 heterocycles. The normalized spacial score (nSPS) is 14.6. The van der Waals surface area contributed by atoms with Crippen molar-refractivity contribution in [3.8, 4) is 0 Å². The van der Waals surface area contributed by atoms with Crippen LogP contribution in [0.4, 0.5) is 10.6 Å². The Balaban J connectivity index is 1.37. The zero-order valence-electron chi connectivity index (χ0n) is 15.0. The third kappa shape index (κ3) is 5.40. The fourth-order valence-corrected chi connectivity index (χ4v) is 2.92. The van der Waals surface area contributed by atoms with Gasteiger partial charge in [-0.1, -0.05) is 30.3 Å². The van der Waals surface area contributed by atoms with E-state index in [1.807, 2.05) is 30.3 Å². The summed E-state index contributed by atoms with van der Waals surface area (Å²) in [6, 6.07) is 12.7. The number of piperidine rings is 1. The second kappa shape index (κ2) is 8.98. The Morgan fingerprint density at radius 1 is 1.11 bits per heavy atom. The number of benzene rings is 1. The Morgan fingerprint density at radius 2 is 1.85 bits per heavy atom. The number of carbonyl (C=O) groups is 2. The standard InChI is InChI=1S/C19H23N5O3/c20-17-7-6-16(22-23-17)18(25)21-12-14-8-10-24(11-9-14)19(26)27-13-15-4-2-1-3-5-15/h1-7,14H,8-13H2,(H2,20,23)(H,21,25). The molecule has 8 heteroatoms. The average molecular weight is 369 g/mol. The zero-order chi connectivity index (χ0) is 19.1. The first kappa shape index (κ1) is 18.6. The summed E-state index contributed by atoms with van der Waals surface area (Å²) >= 11 is 0. The van der Waals surface area contributed by atoms with Gasteiger partial charge < -0.3 is 20.7 Å². The molecule has 0 radical (unpaired) electrons. The van der Waals surface area contributed by atoms with Crippen LogP contribution in [0.3, 0.4) is 0 Å². The van der Waals surface area contributed by atoms with Crippen LogP contribution < -0.4 is 11.1 Å². The predicted octanol–water partition coefficient (Wildman–Crippen LogP) is 1.84. The molecular formula is C19H23N5O3. The number of anilines is 1. The van der Waals surface area contributed by atoms with Crippen LogP contribution in [0.5, 0.6) is 0 Å². The third-order valence-corrected chi connectivity index (χ3v) is 4.55. The van der Waals surface area contributed by atoms with Crippen molar-refractivity contribution in [2.45, 2.75) is 19.4 Å². The number of amides is 2. The molecule has 1 aromatic carbocycles. The number of hydrogen-bond donors (Lipinski definition) is 2. The quantitative estimate of drug-likeness (QED) is 0.832. The second-order valence-electron chi connectivity index (χ2n) is 6.52. The number of hydrogen-bond acceptors (Lipinski definition) is 6. The molecule has 0 saturated carbocycles. The van der Waals surface area contributed by atoms with Crippen molar-refractivity contribution in [3.63, 3.8) is 0 Å². The molecule has 0 bridgehead atoms. The van der Waals surface area contributed by atoms with Gasteiger partial charge in [0, 0.05) is 19.6 Å². The molecule has 3 N–H and O–H groups in total. The Bertz CT molecular complexity index is 759. The summed E-state index contributed by atoms with van der Waals surface area (Å²) < 4.78 is 5.36. The van der Waals surface area contributed by atoms with Gasteiger partial charge >= 0.3 is 6.09 Å². The summed E-state index contributed by atoms with van der Waals surface area (Å²) in [7, 11) is 0. The molecule has 0 unspecified atom stereocenters. The second-order valence-corrected chi connectivity index (χ2v) is 6.52. The van der Waals surface area contributed by atoms with Crippen molar-refractivity contribution < 1.29 is 14.3 Å². The molecule has 27 heavy (non-hydrogen) atoms. The van der Waals surface area contributed by atoms with E-state index in [9.17, 15) is 9.59 Å². The van der Waals surface area contributed by atoms with Gasteiger partial charge in [0.15, 0.2) is 5.69 Å². The first-order chi connectivity index (χ1) is 13.1. The Kier molecular flexibility index (Phi) is 6.19. The molecule has 142 valence electrons. The highest BCUT2D eigenvalue weighted by atomic mass is 16.6. The van der Waals surface area contributed by atoms with Gasteiger partial charge in [0.25, 0.3) is 5.91 Å². The van der Waals surface area contributed by atoms with Gasteiger partial charge in [-0.3, -0.25) is 4.79 Å². The molecule has 1 aliphatic heterocycles. The van der Waals surface area contributed by atoms with E-state index in [1.54, 1.807) is 17.0 Å². The van der Waals surface area contributed by atoms with Crippen molar-refractivity contribution >= 4 is 17.8 Å². The molecule has 0 aliphatic carbocycles. The summed E-state index contributed by atoms with van der Waals surface area (Å²) in [6.45, 7) is 2.06. The van der Waals surface area contributed by atoms with E-state index in [4.69, 9.17) is 10.5 Å². The number of rotatable bonds is 5. The number of carbonyl (C=O) groups excluding carboxylic acids is 2. The average Bonchev–Trinajstić information content (AvgIpc) is 2.72. The van der Waals surface area contributed by atoms with Crippen molar-refractivity contribution in [1.82, 2.24) is 20.4 Å². The highest BCUT2D eigenvalue weighted by Crippen LogP contribution is 2.17. The number of nitrogens with one attached hydrogen (secondary N) is 1. The van der Waals surface area contributed by atoms with Crippen LogP contribution in [0.2, 0.25) is 0 Å². The van der Waals surface area contributed by atoms with Gasteiger partial charge in [0.1, 0.15) is 12.4 Å². The van der Waals surface area contributed by atoms with Crippen LogP contribution in [0.1, 0.15) is 28.9 Å². The Labute approximate surface area is 157 Å². The lowest BCUT2D eigenvalue weighted by molar-refractivity contribution is 0.0799. The highest BCUT2D eigenvalue weighted by Gasteiger charge is 2.24. The lowest BCUT2D eigenvalue weighted by Crippen LogP contribution is -2.41. The van der Waals surface area contributed by atoms with Crippen LogP contribution in [0.25, 0.3) is 0 Å². The minimum Gasteiger partial charge on any atom is -0.445 e. The van der Waals surface area contributed by atoms with Crippen LogP contribution in [0.15, 0.2) is 42.5 Å². The molecule has 0 atom stereocenters. The summed E-state index contributed by atoms with van der Waals surface area (Å²) in [6.07, 6.45) is 1.33. The summed E-state index contributed by atoms with van der Waals surface area (Å²) in [4.78, 5) is 25.9. The lowest BCUT2D eigenvalue weighted by atomic mass is 9.97. The number of nitrogens with two attached hydrogens (primary N) is 1. The smallest absolute Gasteiger partial charge is 0.410 e. The summed E-state index contributed by atoms with van der Waals surface area (Å²) in [5.74, 6) is 0.319. The minimum absolute atomic E-state index is 0.242. The summed E-state index contributed by atoms with van der Waals surface area (Å²) in [5, 5.41) is 10.3. The largest absolute Gasteiger partial charge is 0.445 e. The molecule has 1 aliphatic rings. The molecular weight excluding hydrogens is 346 g/mol. The highest BCUT2D eigenvalue weighted by molar-refractivity contribution is 5.92. The van der Waals surface area contributed by atoms with Gasteiger partial charge in [-0.2, -0.15) is 0 Å². The number of nitrogen functional groups attached to an aromatic ring is 1. The molecule has 1 fully saturated rings. The maximum atomic E-state index is 12.2. The van der Waals surface area contributed by atoms with Gasteiger partial charge in [-0.15, -0.1) is 10.2 Å².